The highest BCUT2D eigenvalue weighted by atomic mass is 28.2. The first-order valence-corrected chi connectivity index (χ1v) is 6.39. The Bertz CT molecular complexity index is 130. The van der Waals surface area contributed by atoms with Gasteiger partial charge in [-0.05, 0) is 11.5 Å². The SMILES string of the molecule is C=CC([SiH2]OC)C1CCCCC1. The number of hydrogen-bond donors (Lipinski definition) is 0. The lowest BCUT2D eigenvalue weighted by Gasteiger charge is -2.27. The third kappa shape index (κ3) is 2.76. The van der Waals surface area contributed by atoms with Gasteiger partial charge in [0.25, 0.3) is 0 Å². The van der Waals surface area contributed by atoms with Gasteiger partial charge in [-0.15, -0.1) is 6.58 Å². The first-order chi connectivity index (χ1) is 5.88. The molecule has 2 heteroatoms. The van der Waals surface area contributed by atoms with Crippen LogP contribution < -0.4 is 0 Å². The van der Waals surface area contributed by atoms with Crippen LogP contribution in [0.15, 0.2) is 12.7 Å². The number of rotatable bonds is 4. The molecule has 0 saturated heterocycles. The molecular formula is C10H20OSi. The molecule has 0 aromatic carbocycles. The number of allylic oxidation sites excluding steroid dienone is 1. The van der Waals surface area contributed by atoms with Crippen molar-refractivity contribution in [3.63, 3.8) is 0 Å². The molecule has 1 fully saturated rings. The van der Waals surface area contributed by atoms with Crippen molar-refractivity contribution in [1.82, 2.24) is 0 Å². The van der Waals surface area contributed by atoms with Gasteiger partial charge in [-0.2, -0.15) is 0 Å². The summed E-state index contributed by atoms with van der Waals surface area (Å²) in [5, 5.41) is 0. The van der Waals surface area contributed by atoms with Crippen molar-refractivity contribution >= 4 is 9.76 Å². The Morgan fingerprint density at radius 2 is 2.08 bits per heavy atom. The molecule has 1 aliphatic carbocycles. The van der Waals surface area contributed by atoms with E-state index in [9.17, 15) is 0 Å². The van der Waals surface area contributed by atoms with Crippen molar-refractivity contribution < 1.29 is 4.43 Å². The zero-order valence-electron chi connectivity index (χ0n) is 8.09. The van der Waals surface area contributed by atoms with Crippen LogP contribution in [-0.4, -0.2) is 16.9 Å². The predicted octanol–water partition coefficient (Wildman–Crippen LogP) is 2.27. The zero-order chi connectivity index (χ0) is 8.81. The molecule has 1 rings (SSSR count). The van der Waals surface area contributed by atoms with Gasteiger partial charge in [0, 0.05) is 7.11 Å². The normalized spacial score (nSPS) is 23.1. The van der Waals surface area contributed by atoms with Crippen LogP contribution >= 0.6 is 0 Å². The van der Waals surface area contributed by atoms with Gasteiger partial charge >= 0.3 is 0 Å². The molecule has 1 aliphatic rings. The molecule has 12 heavy (non-hydrogen) atoms. The standard InChI is InChI=1S/C10H20OSi/c1-3-10(12-11-2)9-7-5-4-6-8-9/h3,9-10H,1,4-8,12H2,2H3. The largest absolute Gasteiger partial charge is 0.427 e. The Labute approximate surface area is 78.1 Å². The third-order valence-corrected chi connectivity index (χ3v) is 4.64. The Morgan fingerprint density at radius 1 is 1.42 bits per heavy atom. The van der Waals surface area contributed by atoms with Crippen LogP contribution in [0.1, 0.15) is 32.1 Å². The average molecular weight is 184 g/mol. The smallest absolute Gasteiger partial charge is 0.168 e. The Hall–Kier alpha value is -0.0831. The van der Waals surface area contributed by atoms with Gasteiger partial charge in [-0.25, -0.2) is 0 Å². The summed E-state index contributed by atoms with van der Waals surface area (Å²) in [6, 6.07) is 0. The minimum atomic E-state index is -0.327. The summed E-state index contributed by atoms with van der Waals surface area (Å²) in [6.45, 7) is 3.91. The van der Waals surface area contributed by atoms with E-state index in [-0.39, 0.29) is 9.76 Å². The highest BCUT2D eigenvalue weighted by molar-refractivity contribution is 6.30. The van der Waals surface area contributed by atoms with Gasteiger partial charge in [0.2, 0.25) is 0 Å². The van der Waals surface area contributed by atoms with Crippen LogP contribution in [0.5, 0.6) is 0 Å². The first kappa shape index (κ1) is 10.0. The molecule has 0 heterocycles. The summed E-state index contributed by atoms with van der Waals surface area (Å²) < 4.78 is 5.32. The predicted molar refractivity (Wildman–Crippen MR) is 56.1 cm³/mol. The van der Waals surface area contributed by atoms with Crippen molar-refractivity contribution in [3.05, 3.63) is 12.7 Å². The van der Waals surface area contributed by atoms with Gasteiger partial charge in [-0.1, -0.05) is 38.2 Å². The summed E-state index contributed by atoms with van der Waals surface area (Å²) >= 11 is 0. The van der Waals surface area contributed by atoms with E-state index in [1.54, 1.807) is 0 Å². The maximum atomic E-state index is 5.32. The number of hydrogen-bond acceptors (Lipinski definition) is 1. The monoisotopic (exact) mass is 184 g/mol. The van der Waals surface area contributed by atoms with E-state index in [4.69, 9.17) is 4.43 Å². The molecule has 0 aromatic heterocycles. The second-order valence-corrected chi connectivity index (χ2v) is 5.61. The summed E-state index contributed by atoms with van der Waals surface area (Å²) in [6.07, 6.45) is 9.24. The molecule has 1 atom stereocenters. The second kappa shape index (κ2) is 5.54. The van der Waals surface area contributed by atoms with E-state index in [0.717, 1.165) is 11.5 Å². The van der Waals surface area contributed by atoms with Crippen LogP contribution in [0.25, 0.3) is 0 Å². The lowest BCUT2D eigenvalue weighted by atomic mass is 9.87. The first-order valence-electron chi connectivity index (χ1n) is 5.00. The molecule has 0 spiro atoms. The second-order valence-electron chi connectivity index (χ2n) is 3.75. The summed E-state index contributed by atoms with van der Waals surface area (Å²) in [5.74, 6) is 0.905. The summed E-state index contributed by atoms with van der Waals surface area (Å²) in [7, 11) is 1.51. The molecule has 1 saturated carbocycles. The van der Waals surface area contributed by atoms with Crippen molar-refractivity contribution in [2.45, 2.75) is 37.6 Å². The van der Waals surface area contributed by atoms with E-state index >= 15 is 0 Å². The molecular weight excluding hydrogens is 164 g/mol. The molecule has 0 aromatic rings. The molecule has 70 valence electrons. The van der Waals surface area contributed by atoms with E-state index < -0.39 is 0 Å². The van der Waals surface area contributed by atoms with Crippen LogP contribution in [0.3, 0.4) is 0 Å². The molecule has 0 aliphatic heterocycles. The fourth-order valence-corrected chi connectivity index (χ4v) is 3.42. The maximum Gasteiger partial charge on any atom is 0.168 e. The Morgan fingerprint density at radius 3 is 2.58 bits per heavy atom. The average Bonchev–Trinajstić information content (AvgIpc) is 2.15. The quantitative estimate of drug-likeness (QED) is 0.481. The zero-order valence-corrected chi connectivity index (χ0v) is 9.50. The highest BCUT2D eigenvalue weighted by Crippen LogP contribution is 2.33. The Balaban J connectivity index is 2.34. The minimum Gasteiger partial charge on any atom is -0.427 e. The van der Waals surface area contributed by atoms with Gasteiger partial charge in [0.15, 0.2) is 9.76 Å². The molecule has 0 N–H and O–H groups in total. The minimum absolute atomic E-state index is 0.327. The highest BCUT2D eigenvalue weighted by Gasteiger charge is 2.21. The van der Waals surface area contributed by atoms with Gasteiger partial charge in [-0.3, -0.25) is 0 Å². The van der Waals surface area contributed by atoms with Crippen LogP contribution in [0.4, 0.5) is 0 Å². The summed E-state index contributed by atoms with van der Waals surface area (Å²) in [4.78, 5) is 0. The van der Waals surface area contributed by atoms with Crippen molar-refractivity contribution in [3.8, 4) is 0 Å². The van der Waals surface area contributed by atoms with Gasteiger partial charge in [0.05, 0.1) is 0 Å². The van der Waals surface area contributed by atoms with Crippen molar-refractivity contribution in [2.75, 3.05) is 7.11 Å². The maximum absolute atomic E-state index is 5.32. The molecule has 0 amide bonds. The third-order valence-electron chi connectivity index (χ3n) is 2.92. The van der Waals surface area contributed by atoms with Gasteiger partial charge < -0.3 is 4.43 Å². The van der Waals surface area contributed by atoms with Crippen molar-refractivity contribution in [2.24, 2.45) is 5.92 Å². The van der Waals surface area contributed by atoms with Crippen LogP contribution in [0, 0.1) is 5.92 Å². The molecule has 0 bridgehead atoms. The van der Waals surface area contributed by atoms with E-state index in [1.807, 2.05) is 7.11 Å². The van der Waals surface area contributed by atoms with Crippen LogP contribution in [0.2, 0.25) is 5.54 Å². The summed E-state index contributed by atoms with van der Waals surface area (Å²) in [5.41, 5.74) is 0.732. The Kier molecular flexibility index (Phi) is 4.62. The molecule has 1 nitrogen and oxygen atoms in total. The fraction of sp³-hybridized carbons (Fsp3) is 0.800. The fourth-order valence-electron chi connectivity index (χ4n) is 2.15. The van der Waals surface area contributed by atoms with Crippen LogP contribution in [-0.2, 0) is 4.43 Å². The lowest BCUT2D eigenvalue weighted by Crippen LogP contribution is -2.17. The molecule has 0 radical (unpaired) electrons. The van der Waals surface area contributed by atoms with Crippen molar-refractivity contribution in [1.29, 1.82) is 0 Å². The lowest BCUT2D eigenvalue weighted by molar-refractivity contribution is 0.340. The van der Waals surface area contributed by atoms with E-state index in [0.29, 0.717) is 0 Å². The van der Waals surface area contributed by atoms with E-state index in [2.05, 4.69) is 12.7 Å². The molecule has 1 unspecified atom stereocenters. The van der Waals surface area contributed by atoms with E-state index in [1.165, 1.54) is 32.1 Å². The topological polar surface area (TPSA) is 9.23 Å². The van der Waals surface area contributed by atoms with Gasteiger partial charge in [0.1, 0.15) is 0 Å².